The molecule has 18 heavy (non-hydrogen) atoms. The Balaban J connectivity index is 1.67. The summed E-state index contributed by atoms with van der Waals surface area (Å²) in [6.07, 6.45) is 4.90. The highest BCUT2D eigenvalue weighted by atomic mass is 16.4. The number of hydrogen-bond donors (Lipinski definition) is 4. The van der Waals surface area contributed by atoms with Crippen LogP contribution in [0.15, 0.2) is 0 Å². The third-order valence-electron chi connectivity index (χ3n) is 4.25. The van der Waals surface area contributed by atoms with Gasteiger partial charge in [0.2, 0.25) is 0 Å². The van der Waals surface area contributed by atoms with Crippen molar-refractivity contribution < 1.29 is 10.0 Å². The van der Waals surface area contributed by atoms with Gasteiger partial charge in [-0.25, -0.2) is 0 Å². The van der Waals surface area contributed by atoms with Gasteiger partial charge in [0, 0.05) is 31.7 Å². The predicted octanol–water partition coefficient (Wildman–Crippen LogP) is -0.749. The number of nitrogens with zero attached hydrogens (tertiary/aromatic N) is 1. The van der Waals surface area contributed by atoms with Crippen molar-refractivity contribution in [1.82, 2.24) is 10.2 Å². The van der Waals surface area contributed by atoms with Crippen molar-refractivity contribution >= 4 is 7.12 Å². The smallest absolute Gasteiger partial charge is 0.427 e. The lowest BCUT2D eigenvalue weighted by atomic mass is 9.82. The van der Waals surface area contributed by atoms with E-state index < -0.39 is 7.12 Å². The Morgan fingerprint density at radius 2 is 2.17 bits per heavy atom. The van der Waals surface area contributed by atoms with E-state index in [1.54, 1.807) is 0 Å². The molecule has 2 fully saturated rings. The van der Waals surface area contributed by atoms with E-state index in [2.05, 4.69) is 10.2 Å². The quantitative estimate of drug-likeness (QED) is 0.470. The maximum Gasteiger partial charge on any atom is 0.451 e. The fraction of sp³-hybridized carbons (Fsp3) is 1.00. The van der Waals surface area contributed by atoms with Crippen LogP contribution in [0.25, 0.3) is 0 Å². The summed E-state index contributed by atoms with van der Waals surface area (Å²) < 4.78 is 0. The Hall–Kier alpha value is -0.135. The molecule has 0 aliphatic carbocycles. The van der Waals surface area contributed by atoms with Crippen molar-refractivity contribution in [3.63, 3.8) is 0 Å². The number of rotatable bonds is 6. The van der Waals surface area contributed by atoms with Gasteiger partial charge in [-0.2, -0.15) is 0 Å². The molecule has 0 saturated carbocycles. The van der Waals surface area contributed by atoms with Crippen LogP contribution in [0.3, 0.4) is 0 Å². The van der Waals surface area contributed by atoms with E-state index in [0.717, 1.165) is 39.0 Å². The molecule has 5 nitrogen and oxygen atoms in total. The van der Waals surface area contributed by atoms with Gasteiger partial charge in [0.05, 0.1) is 0 Å². The summed E-state index contributed by atoms with van der Waals surface area (Å²) >= 11 is 0. The van der Waals surface area contributed by atoms with E-state index in [4.69, 9.17) is 15.8 Å². The van der Waals surface area contributed by atoms with Gasteiger partial charge in [0.1, 0.15) is 0 Å². The van der Waals surface area contributed by atoms with Crippen LogP contribution in [0.4, 0.5) is 0 Å². The summed E-state index contributed by atoms with van der Waals surface area (Å²) in [6, 6.07) is 0.900. The molecule has 2 heterocycles. The van der Waals surface area contributed by atoms with E-state index in [-0.39, 0.29) is 6.04 Å². The molecule has 0 bridgehead atoms. The van der Waals surface area contributed by atoms with Crippen molar-refractivity contribution in [1.29, 1.82) is 0 Å². The minimum Gasteiger partial charge on any atom is -0.427 e. The minimum atomic E-state index is -1.17. The lowest BCUT2D eigenvalue weighted by molar-refractivity contribution is 0.288. The van der Waals surface area contributed by atoms with Crippen LogP contribution < -0.4 is 11.1 Å². The van der Waals surface area contributed by atoms with Crippen LogP contribution >= 0.6 is 0 Å². The number of nitrogens with two attached hydrogens (primary N) is 1. The molecule has 2 rings (SSSR count). The zero-order chi connectivity index (χ0) is 13.0. The number of nitrogens with one attached hydrogen (secondary N) is 1. The molecule has 104 valence electrons. The average Bonchev–Trinajstić information content (AvgIpc) is 2.90. The highest BCUT2D eigenvalue weighted by molar-refractivity contribution is 6.40. The fourth-order valence-corrected chi connectivity index (χ4v) is 3.23. The molecule has 0 aromatic heterocycles. The SMILES string of the molecule is N[C@H]1CN(CC2CCCN2)C[C@@H]1CCCB(O)O. The number of likely N-dealkylation sites (tertiary alicyclic amines) is 1. The molecule has 0 spiro atoms. The molecule has 0 amide bonds. The monoisotopic (exact) mass is 255 g/mol. The van der Waals surface area contributed by atoms with Gasteiger partial charge < -0.3 is 21.1 Å². The summed E-state index contributed by atoms with van der Waals surface area (Å²) in [6.45, 7) is 4.33. The molecule has 0 aromatic rings. The van der Waals surface area contributed by atoms with Crippen LogP contribution in [0, 0.1) is 5.92 Å². The molecule has 2 aliphatic rings. The normalized spacial score (nSPS) is 33.2. The topological polar surface area (TPSA) is 81.8 Å². The maximum absolute atomic E-state index is 8.84. The fourth-order valence-electron chi connectivity index (χ4n) is 3.23. The summed E-state index contributed by atoms with van der Waals surface area (Å²) in [5.74, 6) is 0.519. The van der Waals surface area contributed by atoms with Gasteiger partial charge >= 0.3 is 7.12 Å². The second kappa shape index (κ2) is 6.87. The Labute approximate surface area is 110 Å². The molecule has 3 atom stereocenters. The van der Waals surface area contributed by atoms with Crippen LogP contribution in [-0.4, -0.2) is 60.3 Å². The highest BCUT2D eigenvalue weighted by Crippen LogP contribution is 2.22. The van der Waals surface area contributed by atoms with Crippen molar-refractivity contribution in [3.05, 3.63) is 0 Å². The second-order valence-corrected chi connectivity index (χ2v) is 5.85. The highest BCUT2D eigenvalue weighted by Gasteiger charge is 2.31. The summed E-state index contributed by atoms with van der Waals surface area (Å²) in [4.78, 5) is 2.47. The third kappa shape index (κ3) is 4.21. The maximum atomic E-state index is 8.84. The minimum absolute atomic E-state index is 0.252. The predicted molar refractivity (Wildman–Crippen MR) is 73.2 cm³/mol. The Bertz CT molecular complexity index is 249. The summed E-state index contributed by atoms with van der Waals surface area (Å²) in [5.41, 5.74) is 6.17. The van der Waals surface area contributed by atoms with Crippen molar-refractivity contribution in [3.8, 4) is 0 Å². The second-order valence-electron chi connectivity index (χ2n) is 5.85. The molecular weight excluding hydrogens is 229 g/mol. The average molecular weight is 255 g/mol. The largest absolute Gasteiger partial charge is 0.451 e. The van der Waals surface area contributed by atoms with Gasteiger partial charge in [0.25, 0.3) is 0 Å². The van der Waals surface area contributed by atoms with Crippen molar-refractivity contribution in [2.24, 2.45) is 11.7 Å². The lowest BCUT2D eigenvalue weighted by Gasteiger charge is -2.20. The summed E-state index contributed by atoms with van der Waals surface area (Å²) in [5, 5.41) is 21.2. The zero-order valence-electron chi connectivity index (χ0n) is 11.1. The third-order valence-corrected chi connectivity index (χ3v) is 4.25. The lowest BCUT2D eigenvalue weighted by Crippen LogP contribution is -2.37. The Morgan fingerprint density at radius 1 is 1.33 bits per heavy atom. The van der Waals surface area contributed by atoms with Crippen LogP contribution in [-0.2, 0) is 0 Å². The first-order valence-corrected chi connectivity index (χ1v) is 7.22. The van der Waals surface area contributed by atoms with Gasteiger partial charge in [0.15, 0.2) is 0 Å². The Morgan fingerprint density at radius 3 is 2.83 bits per heavy atom. The van der Waals surface area contributed by atoms with E-state index in [1.807, 2.05) is 0 Å². The van der Waals surface area contributed by atoms with Gasteiger partial charge in [-0.05, 0) is 38.0 Å². The van der Waals surface area contributed by atoms with Crippen molar-refractivity contribution in [2.75, 3.05) is 26.2 Å². The molecule has 6 heteroatoms. The zero-order valence-corrected chi connectivity index (χ0v) is 11.1. The van der Waals surface area contributed by atoms with Crippen LogP contribution in [0.5, 0.6) is 0 Å². The van der Waals surface area contributed by atoms with Gasteiger partial charge in [-0.1, -0.05) is 6.42 Å². The molecular formula is C12H26BN3O2. The van der Waals surface area contributed by atoms with Crippen LogP contribution in [0.2, 0.25) is 6.32 Å². The Kier molecular flexibility index (Phi) is 5.45. The van der Waals surface area contributed by atoms with E-state index in [9.17, 15) is 0 Å². The molecule has 2 saturated heterocycles. The first kappa shape index (κ1) is 14.3. The summed E-state index contributed by atoms with van der Waals surface area (Å²) in [7, 11) is -1.17. The van der Waals surface area contributed by atoms with Crippen LogP contribution in [0.1, 0.15) is 25.7 Å². The number of hydrogen-bond acceptors (Lipinski definition) is 5. The van der Waals surface area contributed by atoms with Crippen molar-refractivity contribution in [2.45, 2.75) is 44.1 Å². The first-order chi connectivity index (χ1) is 8.65. The molecule has 5 N–H and O–H groups in total. The van der Waals surface area contributed by atoms with E-state index in [0.29, 0.717) is 18.3 Å². The first-order valence-electron chi connectivity index (χ1n) is 7.22. The molecule has 0 radical (unpaired) electrons. The van der Waals surface area contributed by atoms with Gasteiger partial charge in [-0.3, -0.25) is 4.90 Å². The molecule has 1 unspecified atom stereocenters. The van der Waals surface area contributed by atoms with E-state index >= 15 is 0 Å². The van der Waals surface area contributed by atoms with Gasteiger partial charge in [-0.15, -0.1) is 0 Å². The molecule has 2 aliphatic heterocycles. The molecule has 0 aromatic carbocycles. The van der Waals surface area contributed by atoms with E-state index in [1.165, 1.54) is 12.8 Å². The standard InChI is InChI=1S/C12H26BN3O2/c14-12-9-16(8-11-4-2-6-15-11)7-10(12)3-1-5-13(17)18/h10-12,15,17-18H,1-9,14H2/t10-,11?,12-/m0/s1.